The molecule has 2 aromatic rings. The van der Waals surface area contributed by atoms with Crippen molar-refractivity contribution in [3.8, 4) is 5.75 Å². The third-order valence-corrected chi connectivity index (χ3v) is 3.24. The van der Waals surface area contributed by atoms with E-state index in [1.165, 1.54) is 12.3 Å². The number of aromatic nitrogens is 2. The predicted molar refractivity (Wildman–Crippen MR) is 72.2 cm³/mol. The standard InChI is InChI=1S/C13H14ClF2N3O/c1-17-11(12-9(14)7-18-19(12)2)8-5-3-4-6-10(8)20-13(15)16/h3-7,11,13,17H,1-2H3. The van der Waals surface area contributed by atoms with Crippen molar-refractivity contribution in [1.29, 1.82) is 0 Å². The second-order valence-corrected chi connectivity index (χ2v) is 4.55. The summed E-state index contributed by atoms with van der Waals surface area (Å²) < 4.78 is 31.1. The molecule has 0 aliphatic heterocycles. The first-order chi connectivity index (χ1) is 9.54. The van der Waals surface area contributed by atoms with Crippen LogP contribution in [0.3, 0.4) is 0 Å². The van der Waals surface area contributed by atoms with Crippen molar-refractivity contribution in [3.05, 3.63) is 46.7 Å². The van der Waals surface area contributed by atoms with Gasteiger partial charge >= 0.3 is 6.61 Å². The molecular weight excluding hydrogens is 288 g/mol. The van der Waals surface area contributed by atoms with Crippen LogP contribution in [0.4, 0.5) is 8.78 Å². The van der Waals surface area contributed by atoms with Gasteiger partial charge in [-0.1, -0.05) is 29.8 Å². The average molecular weight is 302 g/mol. The maximum absolute atomic E-state index is 12.5. The zero-order valence-corrected chi connectivity index (χ0v) is 11.7. The Morgan fingerprint density at radius 2 is 2.05 bits per heavy atom. The molecule has 1 N–H and O–H groups in total. The van der Waals surface area contributed by atoms with Gasteiger partial charge in [-0.3, -0.25) is 4.68 Å². The highest BCUT2D eigenvalue weighted by Crippen LogP contribution is 2.33. The minimum Gasteiger partial charge on any atom is -0.434 e. The Morgan fingerprint density at radius 1 is 1.35 bits per heavy atom. The molecule has 1 aromatic heterocycles. The van der Waals surface area contributed by atoms with Crippen molar-refractivity contribution in [2.24, 2.45) is 7.05 Å². The molecule has 0 amide bonds. The van der Waals surface area contributed by atoms with Crippen LogP contribution in [-0.2, 0) is 7.05 Å². The Balaban J connectivity index is 2.47. The molecule has 108 valence electrons. The van der Waals surface area contributed by atoms with E-state index in [4.69, 9.17) is 11.6 Å². The highest BCUT2D eigenvalue weighted by atomic mass is 35.5. The molecule has 1 heterocycles. The van der Waals surface area contributed by atoms with Gasteiger partial charge in [0, 0.05) is 12.6 Å². The second kappa shape index (κ2) is 6.19. The Morgan fingerprint density at radius 3 is 2.60 bits per heavy atom. The summed E-state index contributed by atoms with van der Waals surface area (Å²) in [5.74, 6) is 0.110. The molecular formula is C13H14ClF2N3O. The molecule has 20 heavy (non-hydrogen) atoms. The molecule has 0 radical (unpaired) electrons. The molecule has 0 aliphatic rings. The number of halogens is 3. The minimum absolute atomic E-state index is 0.110. The lowest BCUT2D eigenvalue weighted by Crippen LogP contribution is -2.22. The van der Waals surface area contributed by atoms with Crippen molar-refractivity contribution in [2.75, 3.05) is 7.05 Å². The van der Waals surface area contributed by atoms with E-state index >= 15 is 0 Å². The highest BCUT2D eigenvalue weighted by molar-refractivity contribution is 6.31. The Kier molecular flexibility index (Phi) is 4.57. The molecule has 0 saturated heterocycles. The van der Waals surface area contributed by atoms with Crippen LogP contribution in [-0.4, -0.2) is 23.4 Å². The second-order valence-electron chi connectivity index (χ2n) is 4.14. The maximum atomic E-state index is 12.5. The van der Waals surface area contributed by atoms with E-state index in [0.29, 0.717) is 16.3 Å². The monoisotopic (exact) mass is 301 g/mol. The van der Waals surface area contributed by atoms with E-state index in [1.54, 1.807) is 37.0 Å². The smallest absolute Gasteiger partial charge is 0.387 e. The maximum Gasteiger partial charge on any atom is 0.387 e. The van der Waals surface area contributed by atoms with Gasteiger partial charge in [0.05, 0.1) is 23.0 Å². The summed E-state index contributed by atoms with van der Waals surface area (Å²) in [4.78, 5) is 0. The number of hydrogen-bond acceptors (Lipinski definition) is 3. The first-order valence-corrected chi connectivity index (χ1v) is 6.30. The number of ether oxygens (including phenoxy) is 1. The molecule has 1 aromatic carbocycles. The number of benzene rings is 1. The number of alkyl halides is 2. The van der Waals surface area contributed by atoms with Gasteiger partial charge in [-0.05, 0) is 13.1 Å². The summed E-state index contributed by atoms with van der Waals surface area (Å²) in [6.45, 7) is -2.88. The van der Waals surface area contributed by atoms with Crippen molar-refractivity contribution in [1.82, 2.24) is 15.1 Å². The molecule has 7 heteroatoms. The third-order valence-electron chi connectivity index (χ3n) is 2.95. The zero-order valence-electron chi connectivity index (χ0n) is 11.0. The van der Waals surface area contributed by atoms with Crippen LogP contribution < -0.4 is 10.1 Å². The lowest BCUT2D eigenvalue weighted by atomic mass is 10.0. The fourth-order valence-electron chi connectivity index (χ4n) is 2.11. The summed E-state index contributed by atoms with van der Waals surface area (Å²) in [5, 5.41) is 7.56. The molecule has 2 rings (SSSR count). The third kappa shape index (κ3) is 2.91. The fourth-order valence-corrected chi connectivity index (χ4v) is 2.38. The molecule has 0 aliphatic carbocycles. The van der Waals surface area contributed by atoms with Gasteiger partial charge in [0.2, 0.25) is 0 Å². The molecule has 0 fully saturated rings. The summed E-state index contributed by atoms with van der Waals surface area (Å²) >= 11 is 6.11. The molecule has 1 unspecified atom stereocenters. The largest absolute Gasteiger partial charge is 0.434 e. The van der Waals surface area contributed by atoms with E-state index in [0.717, 1.165) is 0 Å². The summed E-state index contributed by atoms with van der Waals surface area (Å²) in [5.41, 5.74) is 1.25. The number of aryl methyl sites for hydroxylation is 1. The van der Waals surface area contributed by atoms with Crippen LogP contribution in [0.25, 0.3) is 0 Å². The lowest BCUT2D eigenvalue weighted by Gasteiger charge is -2.20. The molecule has 0 saturated carbocycles. The number of rotatable bonds is 5. The van der Waals surface area contributed by atoms with Crippen molar-refractivity contribution < 1.29 is 13.5 Å². The zero-order chi connectivity index (χ0) is 14.7. The summed E-state index contributed by atoms with van der Waals surface area (Å²) in [6.07, 6.45) is 1.51. The molecule has 0 spiro atoms. The first-order valence-electron chi connectivity index (χ1n) is 5.93. The minimum atomic E-state index is -2.88. The number of nitrogens with one attached hydrogen (secondary N) is 1. The van der Waals surface area contributed by atoms with Gasteiger partial charge in [-0.25, -0.2) is 0 Å². The molecule has 1 atom stereocenters. The number of para-hydroxylation sites is 1. The number of hydrogen-bond donors (Lipinski definition) is 1. The van der Waals surface area contributed by atoms with Crippen molar-refractivity contribution >= 4 is 11.6 Å². The van der Waals surface area contributed by atoms with E-state index in [9.17, 15) is 8.78 Å². The Hall–Kier alpha value is -1.66. The van der Waals surface area contributed by atoms with E-state index in [1.807, 2.05) is 0 Å². The predicted octanol–water partition coefficient (Wildman–Crippen LogP) is 2.98. The van der Waals surface area contributed by atoms with Gasteiger partial charge in [-0.2, -0.15) is 13.9 Å². The Labute approximate surface area is 120 Å². The average Bonchev–Trinajstić information content (AvgIpc) is 2.73. The SMILES string of the molecule is CNC(c1ccccc1OC(F)F)c1c(Cl)cnn1C. The van der Waals surface area contributed by atoms with Crippen molar-refractivity contribution in [3.63, 3.8) is 0 Å². The van der Waals surface area contributed by atoms with Crippen molar-refractivity contribution in [2.45, 2.75) is 12.7 Å². The van der Waals surface area contributed by atoms with Crippen LogP contribution in [0.5, 0.6) is 5.75 Å². The van der Waals surface area contributed by atoms with E-state index < -0.39 is 12.7 Å². The van der Waals surface area contributed by atoms with E-state index in [-0.39, 0.29) is 5.75 Å². The van der Waals surface area contributed by atoms with Gasteiger partial charge in [-0.15, -0.1) is 0 Å². The van der Waals surface area contributed by atoms with Crippen LogP contribution >= 0.6 is 11.6 Å². The normalized spacial score (nSPS) is 12.7. The number of nitrogens with zero attached hydrogens (tertiary/aromatic N) is 2. The summed E-state index contributed by atoms with van der Waals surface area (Å²) in [7, 11) is 3.45. The van der Waals surface area contributed by atoms with Gasteiger partial charge in [0.25, 0.3) is 0 Å². The summed E-state index contributed by atoms with van der Waals surface area (Å²) in [6, 6.07) is 6.20. The fraction of sp³-hybridized carbons (Fsp3) is 0.308. The van der Waals surface area contributed by atoms with Crippen LogP contribution in [0, 0.1) is 0 Å². The van der Waals surface area contributed by atoms with Gasteiger partial charge < -0.3 is 10.1 Å². The molecule has 0 bridgehead atoms. The lowest BCUT2D eigenvalue weighted by molar-refractivity contribution is -0.0506. The first kappa shape index (κ1) is 14.7. The highest BCUT2D eigenvalue weighted by Gasteiger charge is 2.23. The van der Waals surface area contributed by atoms with Crippen LogP contribution in [0.2, 0.25) is 5.02 Å². The van der Waals surface area contributed by atoms with Crippen LogP contribution in [0.1, 0.15) is 17.3 Å². The van der Waals surface area contributed by atoms with Gasteiger partial charge in [0.15, 0.2) is 0 Å². The molecule has 4 nitrogen and oxygen atoms in total. The van der Waals surface area contributed by atoms with E-state index in [2.05, 4.69) is 15.2 Å². The van der Waals surface area contributed by atoms with Crippen LogP contribution in [0.15, 0.2) is 30.5 Å². The topological polar surface area (TPSA) is 39.1 Å². The quantitative estimate of drug-likeness (QED) is 0.923. The van der Waals surface area contributed by atoms with Gasteiger partial charge in [0.1, 0.15) is 5.75 Å². The Bertz CT molecular complexity index is 569.